The molecule has 0 amide bonds. The lowest BCUT2D eigenvalue weighted by molar-refractivity contribution is 0.276. The zero-order valence-corrected chi connectivity index (χ0v) is 10.4. The minimum absolute atomic E-state index is 0.228. The fourth-order valence-electron chi connectivity index (χ4n) is 1.66. The van der Waals surface area contributed by atoms with E-state index >= 15 is 0 Å². The molecule has 1 rings (SSSR count). The Morgan fingerprint density at radius 3 is 3.06 bits per heavy atom. The third kappa shape index (κ3) is 3.04. The number of likely N-dealkylation sites (N-methyl/N-ethyl adjacent to an activating group) is 1. The molecule has 0 bridgehead atoms. The van der Waals surface area contributed by atoms with Gasteiger partial charge >= 0.3 is 0 Å². The van der Waals surface area contributed by atoms with E-state index in [2.05, 4.69) is 34.5 Å². The van der Waals surface area contributed by atoms with Crippen LogP contribution in [0.4, 0.5) is 0 Å². The molecule has 1 aliphatic heterocycles. The molecule has 3 heteroatoms. The zero-order valence-electron chi connectivity index (χ0n) is 10.4. The van der Waals surface area contributed by atoms with Crippen molar-refractivity contribution >= 4 is 0 Å². The molecule has 0 saturated carbocycles. The molecule has 2 N–H and O–H groups in total. The Kier molecular flexibility index (Phi) is 4.94. The van der Waals surface area contributed by atoms with Crippen molar-refractivity contribution in [1.82, 2.24) is 15.5 Å². The lowest BCUT2D eigenvalue weighted by Crippen LogP contribution is -2.47. The van der Waals surface area contributed by atoms with Gasteiger partial charge in [0.05, 0.1) is 0 Å². The lowest BCUT2D eigenvalue weighted by atomic mass is 10.2. The first-order chi connectivity index (χ1) is 7.70. The van der Waals surface area contributed by atoms with Gasteiger partial charge in [-0.3, -0.25) is 5.32 Å². The van der Waals surface area contributed by atoms with Gasteiger partial charge in [0.2, 0.25) is 0 Å². The summed E-state index contributed by atoms with van der Waals surface area (Å²) in [6.45, 7) is 5.16. The summed E-state index contributed by atoms with van der Waals surface area (Å²) in [6.07, 6.45) is 12.1. The molecule has 0 aromatic carbocycles. The molecule has 0 aromatic heterocycles. The summed E-state index contributed by atoms with van der Waals surface area (Å²) in [6, 6.07) is 0. The van der Waals surface area contributed by atoms with E-state index in [0.29, 0.717) is 0 Å². The minimum atomic E-state index is 0.228. The molecule has 3 nitrogen and oxygen atoms in total. The average Bonchev–Trinajstić information content (AvgIpc) is 2.30. The first-order valence-corrected chi connectivity index (χ1v) is 5.77. The van der Waals surface area contributed by atoms with Crippen LogP contribution < -0.4 is 10.6 Å². The van der Waals surface area contributed by atoms with Crippen molar-refractivity contribution in [3.8, 4) is 12.3 Å². The minimum Gasteiger partial charge on any atom is -0.348 e. The van der Waals surface area contributed by atoms with Crippen molar-refractivity contribution in [3.63, 3.8) is 0 Å². The fraction of sp³-hybridized carbons (Fsp3) is 0.538. The van der Waals surface area contributed by atoms with Crippen molar-refractivity contribution in [1.29, 1.82) is 0 Å². The Labute approximate surface area is 98.6 Å². The van der Waals surface area contributed by atoms with Gasteiger partial charge in [-0.25, -0.2) is 0 Å². The first-order valence-electron chi connectivity index (χ1n) is 5.77. The summed E-state index contributed by atoms with van der Waals surface area (Å²) in [5, 5.41) is 6.66. The maximum atomic E-state index is 5.41. The predicted octanol–water partition coefficient (Wildman–Crippen LogP) is 1.62. The van der Waals surface area contributed by atoms with Crippen LogP contribution in [0.2, 0.25) is 0 Å². The molecule has 1 aliphatic rings. The number of rotatable bonds is 4. The second kappa shape index (κ2) is 6.24. The highest BCUT2D eigenvalue weighted by atomic mass is 15.3. The summed E-state index contributed by atoms with van der Waals surface area (Å²) >= 11 is 0. The van der Waals surface area contributed by atoms with E-state index in [0.717, 1.165) is 17.9 Å². The van der Waals surface area contributed by atoms with Crippen molar-refractivity contribution < 1.29 is 0 Å². The summed E-state index contributed by atoms with van der Waals surface area (Å²) in [5.41, 5.74) is 0.925. The summed E-state index contributed by atoms with van der Waals surface area (Å²) in [4.78, 5) is 2.13. The highest BCUT2D eigenvalue weighted by molar-refractivity contribution is 5.30. The van der Waals surface area contributed by atoms with Crippen LogP contribution >= 0.6 is 0 Å². The third-order valence-electron chi connectivity index (χ3n) is 2.72. The number of hydrogen-bond acceptors (Lipinski definition) is 3. The molecule has 1 atom stereocenters. The van der Waals surface area contributed by atoms with E-state index in [1.807, 2.05) is 20.2 Å². The lowest BCUT2D eigenvalue weighted by Gasteiger charge is -2.34. The maximum absolute atomic E-state index is 5.41. The van der Waals surface area contributed by atoms with Gasteiger partial charge in [-0.2, -0.15) is 0 Å². The monoisotopic (exact) mass is 219 g/mol. The number of nitrogens with one attached hydrogen (secondary N) is 2. The second-order valence-electron chi connectivity index (χ2n) is 3.98. The highest BCUT2D eigenvalue weighted by Gasteiger charge is 2.18. The Bertz CT molecular complexity index is 323. The molecule has 0 spiro atoms. The van der Waals surface area contributed by atoms with Crippen LogP contribution in [0.3, 0.4) is 0 Å². The maximum Gasteiger partial charge on any atom is 0.118 e. The highest BCUT2D eigenvalue weighted by Crippen LogP contribution is 2.12. The van der Waals surface area contributed by atoms with E-state index in [4.69, 9.17) is 6.42 Å². The molecule has 16 heavy (non-hydrogen) atoms. The average molecular weight is 219 g/mol. The first kappa shape index (κ1) is 12.7. The van der Waals surface area contributed by atoms with Gasteiger partial charge in [-0.15, -0.1) is 6.42 Å². The molecule has 0 saturated heterocycles. The summed E-state index contributed by atoms with van der Waals surface area (Å²) in [5.74, 6) is 3.67. The van der Waals surface area contributed by atoms with Crippen molar-refractivity contribution in [2.75, 3.05) is 13.6 Å². The molecule has 0 radical (unpaired) electrons. The fourth-order valence-corrected chi connectivity index (χ4v) is 1.66. The van der Waals surface area contributed by atoms with Gasteiger partial charge < -0.3 is 10.2 Å². The Morgan fingerprint density at radius 2 is 2.44 bits per heavy atom. The van der Waals surface area contributed by atoms with Crippen LogP contribution in [-0.2, 0) is 0 Å². The number of allylic oxidation sites excluding steroid dienone is 1. The quantitative estimate of drug-likeness (QED) is 0.556. The standard InChI is InChI=1S/C13H21N3/c1-5-7-9-14-12-8-10-15-13(16(12)4)11(3)6-2/h2,8,10,12,14-15H,5,7,9H2,1,3-4H3/b13-11+. The van der Waals surface area contributed by atoms with Gasteiger partial charge in [0.25, 0.3) is 0 Å². The second-order valence-corrected chi connectivity index (χ2v) is 3.98. The normalized spacial score (nSPS) is 22.6. The molecule has 1 heterocycles. The van der Waals surface area contributed by atoms with E-state index < -0.39 is 0 Å². The van der Waals surface area contributed by atoms with Crippen molar-refractivity contribution in [3.05, 3.63) is 23.7 Å². The van der Waals surface area contributed by atoms with Crippen LogP contribution in [0.5, 0.6) is 0 Å². The Balaban J connectivity index is 2.65. The largest absolute Gasteiger partial charge is 0.348 e. The van der Waals surface area contributed by atoms with Gasteiger partial charge in [0.1, 0.15) is 12.0 Å². The topological polar surface area (TPSA) is 27.3 Å². The number of terminal acetylenes is 1. The van der Waals surface area contributed by atoms with Crippen molar-refractivity contribution in [2.24, 2.45) is 0 Å². The van der Waals surface area contributed by atoms with Crippen LogP contribution in [0.15, 0.2) is 23.7 Å². The van der Waals surface area contributed by atoms with Gasteiger partial charge in [0.15, 0.2) is 0 Å². The Morgan fingerprint density at radius 1 is 1.69 bits per heavy atom. The molecule has 0 aromatic rings. The number of hydrogen-bond donors (Lipinski definition) is 2. The SMILES string of the molecule is C#C/C(C)=C1\NC=CC(NCCCC)N1C. The van der Waals surface area contributed by atoms with Gasteiger partial charge in [0, 0.05) is 18.8 Å². The molecular weight excluding hydrogens is 198 g/mol. The van der Waals surface area contributed by atoms with E-state index in [9.17, 15) is 0 Å². The molecule has 1 unspecified atom stereocenters. The number of unbranched alkanes of at least 4 members (excludes halogenated alkanes) is 1. The van der Waals surface area contributed by atoms with E-state index in [1.165, 1.54) is 12.8 Å². The van der Waals surface area contributed by atoms with Crippen molar-refractivity contribution in [2.45, 2.75) is 32.9 Å². The van der Waals surface area contributed by atoms with Crippen LogP contribution in [0, 0.1) is 12.3 Å². The Hall–Kier alpha value is -1.40. The van der Waals surface area contributed by atoms with Crippen LogP contribution in [0.1, 0.15) is 26.7 Å². The molecule has 0 fully saturated rings. The zero-order chi connectivity index (χ0) is 12.0. The molecular formula is C13H21N3. The number of nitrogens with zero attached hydrogens (tertiary/aromatic N) is 1. The van der Waals surface area contributed by atoms with Gasteiger partial charge in [-0.05, 0) is 26.0 Å². The smallest absolute Gasteiger partial charge is 0.118 e. The summed E-state index contributed by atoms with van der Waals surface area (Å²) < 4.78 is 0. The van der Waals surface area contributed by atoms with E-state index in [-0.39, 0.29) is 6.17 Å². The summed E-state index contributed by atoms with van der Waals surface area (Å²) in [7, 11) is 2.04. The van der Waals surface area contributed by atoms with Gasteiger partial charge in [-0.1, -0.05) is 19.3 Å². The van der Waals surface area contributed by atoms with Crippen LogP contribution in [-0.4, -0.2) is 24.7 Å². The molecule has 0 aliphatic carbocycles. The van der Waals surface area contributed by atoms with E-state index in [1.54, 1.807) is 0 Å². The predicted molar refractivity (Wildman–Crippen MR) is 68.3 cm³/mol. The molecule has 88 valence electrons. The van der Waals surface area contributed by atoms with Crippen LogP contribution in [0.25, 0.3) is 0 Å². The third-order valence-corrected chi connectivity index (χ3v) is 2.72.